The van der Waals surface area contributed by atoms with Gasteiger partial charge in [-0.2, -0.15) is 5.10 Å². The fraction of sp³-hybridized carbons (Fsp3) is 0.308. The van der Waals surface area contributed by atoms with E-state index < -0.39 is 0 Å². The van der Waals surface area contributed by atoms with Gasteiger partial charge in [-0.3, -0.25) is 4.68 Å². The first kappa shape index (κ1) is 14.4. The minimum atomic E-state index is 0. The third-order valence-electron chi connectivity index (χ3n) is 2.59. The molecule has 0 unspecified atom stereocenters. The number of aryl methyl sites for hydroxylation is 1. The number of rotatable bonds is 5. The Hall–Kier alpha value is -1.68. The first-order valence-corrected chi connectivity index (χ1v) is 5.71. The van der Waals surface area contributed by atoms with E-state index >= 15 is 0 Å². The Labute approximate surface area is 113 Å². The molecule has 0 aliphatic heterocycles. The molecule has 0 fully saturated rings. The Morgan fingerprint density at radius 2 is 2.22 bits per heavy atom. The van der Waals surface area contributed by atoms with Crippen LogP contribution < -0.4 is 10.1 Å². The zero-order valence-electron chi connectivity index (χ0n) is 10.6. The minimum absolute atomic E-state index is 0. The van der Waals surface area contributed by atoms with Crippen LogP contribution in [0.2, 0.25) is 0 Å². The molecule has 1 aromatic carbocycles. The van der Waals surface area contributed by atoms with Gasteiger partial charge in [0.05, 0.1) is 19.0 Å². The van der Waals surface area contributed by atoms with Crippen LogP contribution in [-0.4, -0.2) is 16.9 Å². The summed E-state index contributed by atoms with van der Waals surface area (Å²) in [6, 6.07) is 8.03. The molecule has 2 rings (SSSR count). The highest BCUT2D eigenvalue weighted by Crippen LogP contribution is 2.14. The molecule has 98 valence electrons. The van der Waals surface area contributed by atoms with Gasteiger partial charge in [0.15, 0.2) is 0 Å². The van der Waals surface area contributed by atoms with E-state index in [0.717, 1.165) is 24.5 Å². The molecule has 0 radical (unpaired) electrons. The molecule has 1 N–H and O–H groups in total. The van der Waals surface area contributed by atoms with Crippen molar-refractivity contribution in [2.24, 2.45) is 0 Å². The number of hydrogen-bond donors (Lipinski definition) is 1. The predicted octanol–water partition coefficient (Wildman–Crippen LogP) is 2.95. The summed E-state index contributed by atoms with van der Waals surface area (Å²) in [4.78, 5) is 0. The third kappa shape index (κ3) is 3.67. The van der Waals surface area contributed by atoms with Crippen LogP contribution in [0.1, 0.15) is 12.5 Å². The molecule has 0 aliphatic carbocycles. The lowest BCUT2D eigenvalue weighted by Gasteiger charge is -2.05. The quantitative estimate of drug-likeness (QED) is 0.905. The SMILES string of the molecule is CCn1cc(NCc2cccc(OC)c2)cn1.Cl. The number of benzene rings is 1. The van der Waals surface area contributed by atoms with Crippen LogP contribution in [-0.2, 0) is 13.1 Å². The van der Waals surface area contributed by atoms with Crippen LogP contribution in [0.25, 0.3) is 0 Å². The predicted molar refractivity (Wildman–Crippen MR) is 75.5 cm³/mol. The molecule has 5 heteroatoms. The zero-order valence-corrected chi connectivity index (χ0v) is 11.4. The topological polar surface area (TPSA) is 39.1 Å². The standard InChI is InChI=1S/C13H17N3O.ClH/c1-3-16-10-12(9-15-16)14-8-11-5-4-6-13(7-11)17-2;/h4-7,9-10,14H,3,8H2,1-2H3;1H. The van der Waals surface area contributed by atoms with Crippen LogP contribution in [0.4, 0.5) is 5.69 Å². The summed E-state index contributed by atoms with van der Waals surface area (Å²) in [5, 5.41) is 7.54. The van der Waals surface area contributed by atoms with E-state index in [-0.39, 0.29) is 12.4 Å². The fourth-order valence-electron chi connectivity index (χ4n) is 1.61. The molecule has 0 spiro atoms. The lowest BCUT2D eigenvalue weighted by molar-refractivity contribution is 0.414. The summed E-state index contributed by atoms with van der Waals surface area (Å²) >= 11 is 0. The Morgan fingerprint density at radius 3 is 2.89 bits per heavy atom. The second-order valence-electron chi connectivity index (χ2n) is 3.79. The molecule has 18 heavy (non-hydrogen) atoms. The van der Waals surface area contributed by atoms with Gasteiger partial charge in [-0.25, -0.2) is 0 Å². The van der Waals surface area contributed by atoms with Gasteiger partial charge in [-0.1, -0.05) is 12.1 Å². The maximum Gasteiger partial charge on any atom is 0.119 e. The Balaban J connectivity index is 0.00000162. The van der Waals surface area contributed by atoms with Crippen molar-refractivity contribution in [2.75, 3.05) is 12.4 Å². The van der Waals surface area contributed by atoms with Gasteiger partial charge in [0.1, 0.15) is 5.75 Å². The molecule has 0 saturated heterocycles. The summed E-state index contributed by atoms with van der Waals surface area (Å²) in [5.74, 6) is 0.883. The van der Waals surface area contributed by atoms with Gasteiger partial charge in [0, 0.05) is 19.3 Å². The lowest BCUT2D eigenvalue weighted by Crippen LogP contribution is -1.99. The monoisotopic (exact) mass is 267 g/mol. The lowest BCUT2D eigenvalue weighted by atomic mass is 10.2. The van der Waals surface area contributed by atoms with E-state index in [1.165, 1.54) is 5.56 Å². The number of aromatic nitrogens is 2. The second-order valence-corrected chi connectivity index (χ2v) is 3.79. The van der Waals surface area contributed by atoms with Crippen LogP contribution in [0, 0.1) is 0 Å². The minimum Gasteiger partial charge on any atom is -0.497 e. The van der Waals surface area contributed by atoms with Crippen molar-refractivity contribution in [3.05, 3.63) is 42.2 Å². The molecule has 0 atom stereocenters. The van der Waals surface area contributed by atoms with Gasteiger partial charge < -0.3 is 10.1 Å². The van der Waals surface area contributed by atoms with E-state index in [1.54, 1.807) is 7.11 Å². The molecular formula is C13H18ClN3O. The first-order chi connectivity index (χ1) is 8.31. The molecule has 0 saturated carbocycles. The van der Waals surface area contributed by atoms with E-state index in [9.17, 15) is 0 Å². The van der Waals surface area contributed by atoms with E-state index in [0.29, 0.717) is 0 Å². The van der Waals surface area contributed by atoms with Crippen molar-refractivity contribution in [3.63, 3.8) is 0 Å². The Morgan fingerprint density at radius 1 is 1.39 bits per heavy atom. The second kappa shape index (κ2) is 6.91. The average molecular weight is 268 g/mol. The largest absolute Gasteiger partial charge is 0.497 e. The summed E-state index contributed by atoms with van der Waals surface area (Å²) in [7, 11) is 1.68. The molecule has 0 aliphatic rings. The highest BCUT2D eigenvalue weighted by atomic mass is 35.5. The van der Waals surface area contributed by atoms with Crippen LogP contribution in [0.15, 0.2) is 36.7 Å². The van der Waals surface area contributed by atoms with Crippen molar-refractivity contribution < 1.29 is 4.74 Å². The number of hydrogen-bond acceptors (Lipinski definition) is 3. The Bertz CT molecular complexity index is 485. The van der Waals surface area contributed by atoms with Gasteiger partial charge in [0.2, 0.25) is 0 Å². The van der Waals surface area contributed by atoms with E-state index in [1.807, 2.05) is 35.3 Å². The molecule has 1 heterocycles. The number of nitrogens with one attached hydrogen (secondary N) is 1. The summed E-state index contributed by atoms with van der Waals surface area (Å²) < 4.78 is 7.08. The van der Waals surface area contributed by atoms with Gasteiger partial charge in [-0.15, -0.1) is 12.4 Å². The van der Waals surface area contributed by atoms with Crippen molar-refractivity contribution in [3.8, 4) is 5.75 Å². The van der Waals surface area contributed by atoms with Gasteiger partial charge in [0.25, 0.3) is 0 Å². The number of nitrogens with zero attached hydrogens (tertiary/aromatic N) is 2. The molecule has 0 amide bonds. The Kier molecular flexibility index (Phi) is 5.52. The molecule has 0 bridgehead atoms. The van der Waals surface area contributed by atoms with E-state index in [2.05, 4.69) is 23.4 Å². The summed E-state index contributed by atoms with van der Waals surface area (Å²) in [6.07, 6.45) is 3.84. The van der Waals surface area contributed by atoms with Crippen LogP contribution in [0.3, 0.4) is 0 Å². The number of ether oxygens (including phenoxy) is 1. The van der Waals surface area contributed by atoms with Crippen molar-refractivity contribution in [2.45, 2.75) is 20.0 Å². The van der Waals surface area contributed by atoms with Gasteiger partial charge in [-0.05, 0) is 24.6 Å². The smallest absolute Gasteiger partial charge is 0.119 e. The average Bonchev–Trinajstić information content (AvgIpc) is 2.84. The number of anilines is 1. The summed E-state index contributed by atoms with van der Waals surface area (Å²) in [5.41, 5.74) is 2.23. The van der Waals surface area contributed by atoms with Crippen molar-refractivity contribution >= 4 is 18.1 Å². The number of methoxy groups -OCH3 is 1. The van der Waals surface area contributed by atoms with Crippen LogP contribution >= 0.6 is 12.4 Å². The zero-order chi connectivity index (χ0) is 12.1. The summed E-state index contributed by atoms with van der Waals surface area (Å²) in [6.45, 7) is 3.73. The maximum atomic E-state index is 5.18. The molecule has 4 nitrogen and oxygen atoms in total. The molecule has 2 aromatic rings. The fourth-order valence-corrected chi connectivity index (χ4v) is 1.61. The number of halogens is 1. The van der Waals surface area contributed by atoms with Crippen LogP contribution in [0.5, 0.6) is 5.75 Å². The normalized spacial score (nSPS) is 9.67. The maximum absolute atomic E-state index is 5.18. The first-order valence-electron chi connectivity index (χ1n) is 5.71. The highest BCUT2D eigenvalue weighted by Gasteiger charge is 1.98. The molecular weight excluding hydrogens is 250 g/mol. The van der Waals surface area contributed by atoms with Gasteiger partial charge >= 0.3 is 0 Å². The highest BCUT2D eigenvalue weighted by molar-refractivity contribution is 5.85. The molecule has 1 aromatic heterocycles. The van der Waals surface area contributed by atoms with Crippen molar-refractivity contribution in [1.82, 2.24) is 9.78 Å². The van der Waals surface area contributed by atoms with E-state index in [4.69, 9.17) is 4.74 Å². The van der Waals surface area contributed by atoms with Crippen molar-refractivity contribution in [1.29, 1.82) is 0 Å². The third-order valence-corrected chi connectivity index (χ3v) is 2.59.